The van der Waals surface area contributed by atoms with Crippen LogP contribution in [0, 0.1) is 0 Å². The van der Waals surface area contributed by atoms with Crippen molar-refractivity contribution in [2.45, 2.75) is 264 Å². The van der Waals surface area contributed by atoms with Crippen LogP contribution in [-0.2, 0) is 28.6 Å². The molecule has 1 unspecified atom stereocenters. The number of carbonyl (C=O) groups is 3. The second kappa shape index (κ2) is 45.6. The number of rotatable bonds is 44. The summed E-state index contributed by atoms with van der Waals surface area (Å²) in [6.45, 7) is 6.50. The lowest BCUT2D eigenvalue weighted by Gasteiger charge is -2.18. The van der Waals surface area contributed by atoms with Gasteiger partial charge in [-0.1, -0.05) is 218 Å². The number of hydrogen-bond donors (Lipinski definition) is 0. The zero-order chi connectivity index (χ0) is 40.8. The molecule has 328 valence electrons. The molecule has 0 N–H and O–H groups in total. The predicted molar refractivity (Wildman–Crippen MR) is 238 cm³/mol. The summed E-state index contributed by atoms with van der Waals surface area (Å²) >= 11 is 0. The van der Waals surface area contributed by atoms with Crippen LogP contribution >= 0.6 is 0 Å². The molecule has 0 aliphatic carbocycles. The Balaban J connectivity index is 4.25. The number of esters is 3. The van der Waals surface area contributed by atoms with Crippen molar-refractivity contribution < 1.29 is 28.6 Å². The van der Waals surface area contributed by atoms with Crippen LogP contribution in [0.4, 0.5) is 0 Å². The molecule has 0 radical (unpaired) electrons. The van der Waals surface area contributed by atoms with Gasteiger partial charge in [-0.2, -0.15) is 0 Å². The summed E-state index contributed by atoms with van der Waals surface area (Å²) < 4.78 is 16.7. The maximum Gasteiger partial charge on any atom is 0.306 e. The van der Waals surface area contributed by atoms with Crippen LogP contribution in [0.15, 0.2) is 24.3 Å². The summed E-state index contributed by atoms with van der Waals surface area (Å²) in [6.07, 6.45) is 50.4. The van der Waals surface area contributed by atoms with Crippen molar-refractivity contribution in [1.29, 1.82) is 0 Å². The van der Waals surface area contributed by atoms with Crippen LogP contribution in [-0.4, -0.2) is 37.2 Å². The summed E-state index contributed by atoms with van der Waals surface area (Å²) in [5.41, 5.74) is 0. The minimum Gasteiger partial charge on any atom is -0.462 e. The summed E-state index contributed by atoms with van der Waals surface area (Å²) in [6, 6.07) is 0. The third-order valence-electron chi connectivity index (χ3n) is 10.7. The first-order chi connectivity index (χ1) is 27.5. The van der Waals surface area contributed by atoms with Crippen molar-refractivity contribution in [3.05, 3.63) is 24.3 Å². The SMILES string of the molecule is CC/C=C\C/C=C\CCCCC(=O)OCC(COC(=O)CCCCCCCCCCCCCCCCCCCC)OC(=O)CCCCCCCCCCCCC. The molecular weight excluding hydrogens is 697 g/mol. The Bertz CT molecular complexity index is 911. The smallest absolute Gasteiger partial charge is 0.306 e. The van der Waals surface area contributed by atoms with Gasteiger partial charge in [0.25, 0.3) is 0 Å². The fraction of sp³-hybridized carbons (Fsp3) is 0.860. The van der Waals surface area contributed by atoms with Crippen molar-refractivity contribution in [3.63, 3.8) is 0 Å². The van der Waals surface area contributed by atoms with E-state index in [2.05, 4.69) is 45.1 Å². The van der Waals surface area contributed by atoms with Gasteiger partial charge in [0.05, 0.1) is 0 Å². The number of allylic oxidation sites excluding steroid dienone is 4. The van der Waals surface area contributed by atoms with E-state index in [1.807, 2.05) is 0 Å². The van der Waals surface area contributed by atoms with Gasteiger partial charge in [-0.15, -0.1) is 0 Å². The molecule has 0 bridgehead atoms. The largest absolute Gasteiger partial charge is 0.462 e. The van der Waals surface area contributed by atoms with Gasteiger partial charge in [0.1, 0.15) is 13.2 Å². The minimum atomic E-state index is -0.775. The molecule has 0 aromatic carbocycles. The number of carbonyl (C=O) groups excluding carboxylic acids is 3. The molecule has 1 atom stereocenters. The third kappa shape index (κ3) is 43.0. The van der Waals surface area contributed by atoms with Crippen LogP contribution in [0.25, 0.3) is 0 Å². The second-order valence-electron chi connectivity index (χ2n) is 16.4. The molecule has 0 fully saturated rings. The van der Waals surface area contributed by atoms with E-state index in [1.165, 1.54) is 148 Å². The maximum absolute atomic E-state index is 12.7. The Morgan fingerprint density at radius 3 is 1.07 bits per heavy atom. The van der Waals surface area contributed by atoms with Gasteiger partial charge in [0, 0.05) is 19.3 Å². The van der Waals surface area contributed by atoms with Gasteiger partial charge in [-0.25, -0.2) is 0 Å². The van der Waals surface area contributed by atoms with E-state index in [-0.39, 0.29) is 31.1 Å². The molecule has 0 aliphatic heterocycles. The van der Waals surface area contributed by atoms with Gasteiger partial charge in [-0.05, 0) is 44.9 Å². The molecule has 0 saturated carbocycles. The summed E-state index contributed by atoms with van der Waals surface area (Å²) in [5, 5.41) is 0. The summed E-state index contributed by atoms with van der Waals surface area (Å²) in [5.74, 6) is -0.907. The van der Waals surface area contributed by atoms with Crippen LogP contribution < -0.4 is 0 Å². The normalized spacial score (nSPS) is 12.1. The van der Waals surface area contributed by atoms with Crippen molar-refractivity contribution in [1.82, 2.24) is 0 Å². The van der Waals surface area contributed by atoms with E-state index in [0.717, 1.165) is 70.6 Å². The van der Waals surface area contributed by atoms with E-state index in [9.17, 15) is 14.4 Å². The predicted octanol–water partition coefficient (Wildman–Crippen LogP) is 15.6. The highest BCUT2D eigenvalue weighted by Crippen LogP contribution is 2.16. The average molecular weight is 789 g/mol. The Labute approximate surface area is 347 Å². The molecule has 56 heavy (non-hydrogen) atoms. The summed E-state index contributed by atoms with van der Waals surface area (Å²) in [4.78, 5) is 37.7. The molecule has 0 amide bonds. The fourth-order valence-corrected chi connectivity index (χ4v) is 7.07. The first-order valence-corrected chi connectivity index (χ1v) is 24.3. The van der Waals surface area contributed by atoms with Crippen molar-refractivity contribution in [2.75, 3.05) is 13.2 Å². The van der Waals surface area contributed by atoms with E-state index >= 15 is 0 Å². The lowest BCUT2D eigenvalue weighted by molar-refractivity contribution is -0.167. The Hall–Kier alpha value is -2.11. The standard InChI is InChI=1S/C50H92O6/c1-4-7-10-13-16-19-21-22-23-24-25-26-27-29-31-34-37-40-43-49(52)55-46-47(45-54-48(51)42-39-36-33-30-18-15-12-9-6-3)56-50(53)44-41-38-35-32-28-20-17-14-11-8-5-2/h9,12,18,30,47H,4-8,10-11,13-17,19-29,31-46H2,1-3H3/b12-9-,30-18-. The van der Waals surface area contributed by atoms with Gasteiger partial charge >= 0.3 is 17.9 Å². The maximum atomic E-state index is 12.7. The molecule has 0 heterocycles. The Morgan fingerprint density at radius 2 is 0.696 bits per heavy atom. The number of unbranched alkanes of at least 4 members (excludes halogenated alkanes) is 29. The quantitative estimate of drug-likeness (QED) is 0.0265. The van der Waals surface area contributed by atoms with Crippen LogP contribution in [0.3, 0.4) is 0 Å². The Morgan fingerprint density at radius 1 is 0.375 bits per heavy atom. The zero-order valence-corrected chi connectivity index (χ0v) is 37.4. The van der Waals surface area contributed by atoms with Gasteiger partial charge in [0.15, 0.2) is 6.10 Å². The molecule has 6 nitrogen and oxygen atoms in total. The zero-order valence-electron chi connectivity index (χ0n) is 37.4. The van der Waals surface area contributed by atoms with Crippen LogP contribution in [0.5, 0.6) is 0 Å². The van der Waals surface area contributed by atoms with Crippen molar-refractivity contribution in [3.8, 4) is 0 Å². The van der Waals surface area contributed by atoms with Crippen LogP contribution in [0.2, 0.25) is 0 Å². The second-order valence-corrected chi connectivity index (χ2v) is 16.4. The number of hydrogen-bond acceptors (Lipinski definition) is 6. The van der Waals surface area contributed by atoms with E-state index < -0.39 is 6.10 Å². The van der Waals surface area contributed by atoms with Gasteiger partial charge < -0.3 is 14.2 Å². The monoisotopic (exact) mass is 789 g/mol. The van der Waals surface area contributed by atoms with Crippen LogP contribution in [0.1, 0.15) is 258 Å². The summed E-state index contributed by atoms with van der Waals surface area (Å²) in [7, 11) is 0. The third-order valence-corrected chi connectivity index (χ3v) is 10.7. The lowest BCUT2D eigenvalue weighted by atomic mass is 10.0. The molecule has 0 rings (SSSR count). The number of ether oxygens (including phenoxy) is 3. The van der Waals surface area contributed by atoms with Crippen molar-refractivity contribution >= 4 is 17.9 Å². The first-order valence-electron chi connectivity index (χ1n) is 24.3. The van der Waals surface area contributed by atoms with E-state index in [4.69, 9.17) is 14.2 Å². The molecule has 0 aromatic rings. The van der Waals surface area contributed by atoms with E-state index in [1.54, 1.807) is 0 Å². The van der Waals surface area contributed by atoms with Gasteiger partial charge in [0.2, 0.25) is 0 Å². The molecule has 0 aliphatic rings. The Kier molecular flexibility index (Phi) is 43.9. The molecule has 0 aromatic heterocycles. The highest BCUT2D eigenvalue weighted by Gasteiger charge is 2.19. The molecular formula is C50H92O6. The highest BCUT2D eigenvalue weighted by molar-refractivity contribution is 5.71. The molecule has 0 spiro atoms. The fourth-order valence-electron chi connectivity index (χ4n) is 7.07. The molecule has 6 heteroatoms. The highest BCUT2D eigenvalue weighted by atomic mass is 16.6. The minimum absolute atomic E-state index is 0.0770. The topological polar surface area (TPSA) is 78.9 Å². The van der Waals surface area contributed by atoms with Gasteiger partial charge in [-0.3, -0.25) is 14.4 Å². The lowest BCUT2D eigenvalue weighted by Crippen LogP contribution is -2.30. The van der Waals surface area contributed by atoms with Crippen molar-refractivity contribution in [2.24, 2.45) is 0 Å². The average Bonchev–Trinajstić information content (AvgIpc) is 3.19. The van der Waals surface area contributed by atoms with E-state index in [0.29, 0.717) is 19.3 Å². The molecule has 0 saturated heterocycles. The first kappa shape index (κ1) is 53.9.